The van der Waals surface area contributed by atoms with Crippen LogP contribution in [-0.2, 0) is 9.53 Å². The maximum atomic E-state index is 12.0. The van der Waals surface area contributed by atoms with Crippen molar-refractivity contribution in [3.8, 4) is 0 Å². The Morgan fingerprint density at radius 2 is 2.24 bits per heavy atom. The van der Waals surface area contributed by atoms with Crippen LogP contribution in [0.1, 0.15) is 12.8 Å². The normalized spacial score (nSPS) is 25.5. The Bertz CT molecular complexity index is 248. The van der Waals surface area contributed by atoms with E-state index in [1.54, 1.807) is 0 Å². The number of ether oxygens (including phenoxy) is 1. The molecule has 0 aromatic heterocycles. The fraction of sp³-hybridized carbons (Fsp3) is 0.917. The Kier molecular flexibility index (Phi) is 4.76. The lowest BCUT2D eigenvalue weighted by Gasteiger charge is -2.29. The highest BCUT2D eigenvalue weighted by Gasteiger charge is 2.22. The lowest BCUT2D eigenvalue weighted by molar-refractivity contribution is -0.132. The van der Waals surface area contributed by atoms with Crippen molar-refractivity contribution in [2.45, 2.75) is 18.9 Å². The molecule has 1 N–H and O–H groups in total. The molecule has 5 heteroatoms. The van der Waals surface area contributed by atoms with Gasteiger partial charge < -0.3 is 19.9 Å². The van der Waals surface area contributed by atoms with Crippen molar-refractivity contribution in [3.05, 3.63) is 0 Å². The van der Waals surface area contributed by atoms with Gasteiger partial charge in [-0.15, -0.1) is 0 Å². The third-order valence-electron chi connectivity index (χ3n) is 3.68. The average molecular weight is 241 g/mol. The molecular formula is C12H23N3O2. The van der Waals surface area contributed by atoms with Gasteiger partial charge in [-0.3, -0.25) is 4.79 Å². The van der Waals surface area contributed by atoms with Crippen molar-refractivity contribution in [3.63, 3.8) is 0 Å². The SMILES string of the molecule is CN(CCC(=O)N1CCNCC1)C1CCOC1. The first kappa shape index (κ1) is 12.8. The van der Waals surface area contributed by atoms with Crippen LogP contribution in [0.25, 0.3) is 0 Å². The second-order valence-corrected chi connectivity index (χ2v) is 4.88. The standard InChI is InChI=1S/C12H23N3O2/c1-14(11-3-9-17-10-11)6-2-12(16)15-7-4-13-5-8-15/h11,13H,2-10H2,1H3. The number of carbonyl (C=O) groups is 1. The molecule has 2 fully saturated rings. The number of likely N-dealkylation sites (N-methyl/N-ethyl adjacent to an activating group) is 1. The topological polar surface area (TPSA) is 44.8 Å². The summed E-state index contributed by atoms with van der Waals surface area (Å²) in [5, 5.41) is 3.26. The summed E-state index contributed by atoms with van der Waals surface area (Å²) in [7, 11) is 2.09. The van der Waals surface area contributed by atoms with E-state index in [0.717, 1.165) is 52.4 Å². The molecule has 0 saturated carbocycles. The molecule has 2 rings (SSSR count). The Morgan fingerprint density at radius 1 is 1.47 bits per heavy atom. The number of carbonyl (C=O) groups excluding carboxylic acids is 1. The molecule has 1 unspecified atom stereocenters. The van der Waals surface area contributed by atoms with Gasteiger partial charge in [0, 0.05) is 51.8 Å². The summed E-state index contributed by atoms with van der Waals surface area (Å²) in [4.78, 5) is 16.2. The van der Waals surface area contributed by atoms with Gasteiger partial charge in [-0.25, -0.2) is 0 Å². The van der Waals surface area contributed by atoms with Gasteiger partial charge in [0.2, 0.25) is 5.91 Å². The molecule has 0 aromatic rings. The van der Waals surface area contributed by atoms with Crippen LogP contribution in [0.5, 0.6) is 0 Å². The predicted octanol–water partition coefficient (Wildman–Crippen LogP) is -0.471. The second-order valence-electron chi connectivity index (χ2n) is 4.88. The van der Waals surface area contributed by atoms with Crippen LogP contribution in [-0.4, -0.2) is 74.7 Å². The summed E-state index contributed by atoms with van der Waals surface area (Å²) in [6.07, 6.45) is 1.73. The van der Waals surface area contributed by atoms with Crippen LogP contribution < -0.4 is 5.32 Å². The molecule has 5 nitrogen and oxygen atoms in total. The molecule has 17 heavy (non-hydrogen) atoms. The number of nitrogens with zero attached hydrogens (tertiary/aromatic N) is 2. The maximum absolute atomic E-state index is 12.0. The van der Waals surface area contributed by atoms with E-state index in [1.807, 2.05) is 4.90 Å². The number of hydrogen-bond donors (Lipinski definition) is 1. The zero-order chi connectivity index (χ0) is 12.1. The molecule has 2 heterocycles. The number of nitrogens with one attached hydrogen (secondary N) is 1. The maximum Gasteiger partial charge on any atom is 0.223 e. The quantitative estimate of drug-likeness (QED) is 0.723. The number of hydrogen-bond acceptors (Lipinski definition) is 4. The Balaban J connectivity index is 1.67. The van der Waals surface area contributed by atoms with Gasteiger partial charge in [0.15, 0.2) is 0 Å². The fourth-order valence-corrected chi connectivity index (χ4v) is 2.40. The van der Waals surface area contributed by atoms with E-state index in [4.69, 9.17) is 4.74 Å². The largest absolute Gasteiger partial charge is 0.380 e. The van der Waals surface area contributed by atoms with Crippen molar-refractivity contribution in [1.29, 1.82) is 0 Å². The van der Waals surface area contributed by atoms with Crippen molar-refractivity contribution in [2.24, 2.45) is 0 Å². The first-order valence-electron chi connectivity index (χ1n) is 6.54. The van der Waals surface area contributed by atoms with Crippen LogP contribution in [0.15, 0.2) is 0 Å². The fourth-order valence-electron chi connectivity index (χ4n) is 2.40. The Hall–Kier alpha value is -0.650. The van der Waals surface area contributed by atoms with E-state index in [-0.39, 0.29) is 5.91 Å². The van der Waals surface area contributed by atoms with Gasteiger partial charge in [-0.05, 0) is 13.5 Å². The predicted molar refractivity (Wildman–Crippen MR) is 65.9 cm³/mol. The molecule has 0 aliphatic carbocycles. The van der Waals surface area contributed by atoms with Crippen LogP contribution in [0, 0.1) is 0 Å². The number of piperazine rings is 1. The summed E-state index contributed by atoms with van der Waals surface area (Å²) in [5.41, 5.74) is 0. The van der Waals surface area contributed by atoms with Gasteiger partial charge >= 0.3 is 0 Å². The van der Waals surface area contributed by atoms with Gasteiger partial charge in [0.25, 0.3) is 0 Å². The molecule has 0 aromatic carbocycles. The van der Waals surface area contributed by atoms with Crippen molar-refractivity contribution >= 4 is 5.91 Å². The van der Waals surface area contributed by atoms with E-state index in [0.29, 0.717) is 12.5 Å². The monoisotopic (exact) mass is 241 g/mol. The molecule has 0 bridgehead atoms. The van der Waals surface area contributed by atoms with Crippen LogP contribution in [0.3, 0.4) is 0 Å². The molecule has 1 amide bonds. The van der Waals surface area contributed by atoms with Gasteiger partial charge in [-0.2, -0.15) is 0 Å². The molecule has 98 valence electrons. The van der Waals surface area contributed by atoms with Crippen molar-refractivity contribution in [2.75, 3.05) is 53.0 Å². The lowest BCUT2D eigenvalue weighted by atomic mass is 10.2. The van der Waals surface area contributed by atoms with Gasteiger partial charge in [0.1, 0.15) is 0 Å². The van der Waals surface area contributed by atoms with E-state index >= 15 is 0 Å². The average Bonchev–Trinajstić information content (AvgIpc) is 2.90. The van der Waals surface area contributed by atoms with Crippen LogP contribution in [0.4, 0.5) is 0 Å². The zero-order valence-corrected chi connectivity index (χ0v) is 10.7. The Morgan fingerprint density at radius 3 is 2.88 bits per heavy atom. The molecule has 2 saturated heterocycles. The number of amides is 1. The third kappa shape index (κ3) is 3.66. The minimum absolute atomic E-state index is 0.289. The molecule has 1 atom stereocenters. The van der Waals surface area contributed by atoms with Gasteiger partial charge in [0.05, 0.1) is 6.61 Å². The zero-order valence-electron chi connectivity index (χ0n) is 10.7. The van der Waals surface area contributed by atoms with Crippen molar-refractivity contribution in [1.82, 2.24) is 15.1 Å². The minimum Gasteiger partial charge on any atom is -0.380 e. The van der Waals surface area contributed by atoms with E-state index in [1.165, 1.54) is 0 Å². The number of rotatable bonds is 4. The van der Waals surface area contributed by atoms with Crippen LogP contribution >= 0.6 is 0 Å². The Labute approximate surface area is 103 Å². The molecule has 0 radical (unpaired) electrons. The van der Waals surface area contributed by atoms with Crippen molar-refractivity contribution < 1.29 is 9.53 Å². The van der Waals surface area contributed by atoms with E-state index in [2.05, 4.69) is 17.3 Å². The summed E-state index contributed by atoms with van der Waals surface area (Å²) >= 11 is 0. The first-order valence-corrected chi connectivity index (χ1v) is 6.54. The lowest BCUT2D eigenvalue weighted by Crippen LogP contribution is -2.47. The summed E-state index contributed by atoms with van der Waals surface area (Å²) in [6.45, 7) is 6.09. The summed E-state index contributed by atoms with van der Waals surface area (Å²) in [6, 6.07) is 0.505. The highest BCUT2D eigenvalue weighted by atomic mass is 16.5. The highest BCUT2D eigenvalue weighted by Crippen LogP contribution is 2.11. The molecule has 2 aliphatic rings. The van der Waals surface area contributed by atoms with Crippen LogP contribution in [0.2, 0.25) is 0 Å². The van der Waals surface area contributed by atoms with Gasteiger partial charge in [-0.1, -0.05) is 0 Å². The third-order valence-corrected chi connectivity index (χ3v) is 3.68. The minimum atomic E-state index is 0.289. The second kappa shape index (κ2) is 6.33. The first-order chi connectivity index (χ1) is 8.27. The molecule has 2 aliphatic heterocycles. The summed E-state index contributed by atoms with van der Waals surface area (Å²) in [5.74, 6) is 0.289. The van der Waals surface area contributed by atoms with E-state index < -0.39 is 0 Å². The highest BCUT2D eigenvalue weighted by molar-refractivity contribution is 5.76. The molecule has 0 spiro atoms. The van der Waals surface area contributed by atoms with E-state index in [9.17, 15) is 4.79 Å². The smallest absolute Gasteiger partial charge is 0.223 e. The summed E-state index contributed by atoms with van der Waals surface area (Å²) < 4.78 is 5.36. The molecular weight excluding hydrogens is 218 g/mol.